The van der Waals surface area contributed by atoms with E-state index in [1.807, 2.05) is 78.9 Å². The quantitative estimate of drug-likeness (QED) is 0.624. The van der Waals surface area contributed by atoms with Crippen molar-refractivity contribution in [3.63, 3.8) is 0 Å². The number of rotatable bonds is 7. The molecule has 1 N–H and O–H groups in total. The van der Waals surface area contributed by atoms with Gasteiger partial charge in [-0.2, -0.15) is 0 Å². The van der Waals surface area contributed by atoms with Crippen molar-refractivity contribution in [2.75, 3.05) is 11.4 Å². The fraction of sp³-hybridized carbons (Fsp3) is 0.200. The molecule has 3 aromatic rings. The fourth-order valence-corrected chi connectivity index (χ4v) is 3.39. The molecular formula is C25H24N2O4. The lowest BCUT2D eigenvalue weighted by atomic mass is 10.1. The maximum Gasteiger partial charge on any atom is 0.267 e. The molecule has 0 bridgehead atoms. The molecule has 2 amide bonds. The number of fused-ring (bicyclic) bond motifs is 1. The summed E-state index contributed by atoms with van der Waals surface area (Å²) >= 11 is 0. The Morgan fingerprint density at radius 1 is 0.968 bits per heavy atom. The molecule has 31 heavy (non-hydrogen) atoms. The second-order valence-electron chi connectivity index (χ2n) is 7.30. The van der Waals surface area contributed by atoms with Crippen molar-refractivity contribution < 1.29 is 19.1 Å². The third-order valence-corrected chi connectivity index (χ3v) is 5.03. The summed E-state index contributed by atoms with van der Waals surface area (Å²) in [5.74, 6) is 1.92. The molecule has 6 nitrogen and oxygen atoms in total. The molecule has 1 aliphatic heterocycles. The third-order valence-electron chi connectivity index (χ3n) is 5.03. The van der Waals surface area contributed by atoms with Crippen LogP contribution >= 0.6 is 0 Å². The van der Waals surface area contributed by atoms with Crippen molar-refractivity contribution in [2.24, 2.45) is 0 Å². The number of hydrogen-bond donors (Lipinski definition) is 1. The van der Waals surface area contributed by atoms with Gasteiger partial charge in [0.1, 0.15) is 17.2 Å². The van der Waals surface area contributed by atoms with Crippen molar-refractivity contribution >= 4 is 17.5 Å². The van der Waals surface area contributed by atoms with Gasteiger partial charge in [0.15, 0.2) is 6.10 Å². The molecule has 0 saturated carbocycles. The summed E-state index contributed by atoms with van der Waals surface area (Å²) < 4.78 is 11.4. The standard InChI is InChI=1S/C25H24N2O4/c1-18-25(29)27(22-9-5-6-10-23(22)30-18)16-15-24(28)26-17-19-11-13-21(14-12-19)31-20-7-3-2-4-8-20/h2-14,18H,15-17H2,1H3,(H,26,28). The summed E-state index contributed by atoms with van der Waals surface area (Å²) in [4.78, 5) is 26.5. The maximum absolute atomic E-state index is 12.5. The first kappa shape index (κ1) is 20.5. The molecule has 4 rings (SSSR count). The van der Waals surface area contributed by atoms with E-state index in [4.69, 9.17) is 9.47 Å². The second kappa shape index (κ2) is 9.34. The van der Waals surface area contributed by atoms with E-state index in [-0.39, 0.29) is 18.2 Å². The van der Waals surface area contributed by atoms with Crippen LogP contribution in [0.1, 0.15) is 18.9 Å². The van der Waals surface area contributed by atoms with E-state index in [9.17, 15) is 9.59 Å². The molecule has 0 fully saturated rings. The van der Waals surface area contributed by atoms with Crippen LogP contribution in [0.2, 0.25) is 0 Å². The molecule has 0 radical (unpaired) electrons. The van der Waals surface area contributed by atoms with Gasteiger partial charge in [-0.3, -0.25) is 9.59 Å². The van der Waals surface area contributed by atoms with E-state index in [2.05, 4.69) is 5.32 Å². The molecule has 3 aromatic carbocycles. The number of ether oxygens (including phenoxy) is 2. The first-order valence-electron chi connectivity index (χ1n) is 10.3. The highest BCUT2D eigenvalue weighted by molar-refractivity contribution is 6.00. The third kappa shape index (κ3) is 5.04. The van der Waals surface area contributed by atoms with Gasteiger partial charge in [0.2, 0.25) is 5.91 Å². The van der Waals surface area contributed by atoms with Gasteiger partial charge in [-0.15, -0.1) is 0 Å². The van der Waals surface area contributed by atoms with Crippen molar-refractivity contribution in [2.45, 2.75) is 26.0 Å². The number of hydrogen-bond acceptors (Lipinski definition) is 4. The Morgan fingerprint density at radius 3 is 2.42 bits per heavy atom. The number of para-hydroxylation sites is 3. The Hall–Kier alpha value is -3.80. The molecule has 1 heterocycles. The van der Waals surface area contributed by atoms with Crippen LogP contribution in [0.4, 0.5) is 5.69 Å². The zero-order valence-electron chi connectivity index (χ0n) is 17.3. The lowest BCUT2D eigenvalue weighted by molar-refractivity contribution is -0.125. The topological polar surface area (TPSA) is 67.9 Å². The van der Waals surface area contributed by atoms with E-state index >= 15 is 0 Å². The molecule has 0 aliphatic carbocycles. The smallest absolute Gasteiger partial charge is 0.267 e. The van der Waals surface area contributed by atoms with Gasteiger partial charge in [0.25, 0.3) is 5.91 Å². The van der Waals surface area contributed by atoms with Crippen molar-refractivity contribution in [1.82, 2.24) is 5.32 Å². The summed E-state index contributed by atoms with van der Waals surface area (Å²) in [5, 5.41) is 2.91. The van der Waals surface area contributed by atoms with Crippen molar-refractivity contribution in [3.8, 4) is 17.2 Å². The minimum absolute atomic E-state index is 0.117. The van der Waals surface area contributed by atoms with Crippen LogP contribution < -0.4 is 19.7 Å². The van der Waals surface area contributed by atoms with E-state index in [1.54, 1.807) is 11.8 Å². The number of carbonyl (C=O) groups is 2. The van der Waals surface area contributed by atoms with Crippen LogP contribution in [0, 0.1) is 0 Å². The van der Waals surface area contributed by atoms with Crippen LogP contribution in [0.15, 0.2) is 78.9 Å². The lowest BCUT2D eigenvalue weighted by Gasteiger charge is -2.32. The summed E-state index contributed by atoms with van der Waals surface area (Å²) in [6.45, 7) is 2.43. The number of benzene rings is 3. The SMILES string of the molecule is CC1Oc2ccccc2N(CCC(=O)NCc2ccc(Oc3ccccc3)cc2)C1=O. The van der Waals surface area contributed by atoms with Crippen LogP contribution in [-0.2, 0) is 16.1 Å². The second-order valence-corrected chi connectivity index (χ2v) is 7.30. The largest absolute Gasteiger partial charge is 0.479 e. The highest BCUT2D eigenvalue weighted by atomic mass is 16.5. The van der Waals surface area contributed by atoms with Gasteiger partial charge in [0, 0.05) is 19.5 Å². The average molecular weight is 416 g/mol. The van der Waals surface area contributed by atoms with Gasteiger partial charge in [0.05, 0.1) is 5.69 Å². The molecule has 1 atom stereocenters. The average Bonchev–Trinajstić information content (AvgIpc) is 2.79. The zero-order valence-corrected chi connectivity index (χ0v) is 17.3. The first-order chi connectivity index (χ1) is 15.1. The van der Waals surface area contributed by atoms with Gasteiger partial charge in [-0.1, -0.05) is 42.5 Å². The first-order valence-corrected chi connectivity index (χ1v) is 10.3. The molecule has 0 saturated heterocycles. The van der Waals surface area contributed by atoms with Gasteiger partial charge >= 0.3 is 0 Å². The minimum Gasteiger partial charge on any atom is -0.479 e. The monoisotopic (exact) mass is 416 g/mol. The number of amides is 2. The predicted octanol–water partition coefficient (Wildman–Crippen LogP) is 4.30. The van der Waals surface area contributed by atoms with Crippen LogP contribution in [0.3, 0.4) is 0 Å². The van der Waals surface area contributed by atoms with Gasteiger partial charge in [-0.25, -0.2) is 0 Å². The van der Waals surface area contributed by atoms with E-state index < -0.39 is 6.10 Å². The molecule has 1 unspecified atom stereocenters. The predicted molar refractivity (Wildman–Crippen MR) is 118 cm³/mol. The summed E-state index contributed by atoms with van der Waals surface area (Å²) in [6.07, 6.45) is -0.350. The lowest BCUT2D eigenvalue weighted by Crippen LogP contribution is -2.45. The Labute approximate surface area is 181 Å². The number of carbonyl (C=O) groups excluding carboxylic acids is 2. The molecule has 0 aromatic heterocycles. The van der Waals surface area contributed by atoms with Gasteiger partial charge in [-0.05, 0) is 48.9 Å². The number of anilines is 1. The van der Waals surface area contributed by atoms with Crippen LogP contribution in [-0.4, -0.2) is 24.5 Å². The van der Waals surface area contributed by atoms with Crippen molar-refractivity contribution in [1.29, 1.82) is 0 Å². The summed E-state index contributed by atoms with van der Waals surface area (Å²) in [6, 6.07) is 24.5. The number of nitrogens with one attached hydrogen (secondary N) is 1. The van der Waals surface area contributed by atoms with E-state index in [0.717, 1.165) is 17.1 Å². The highest BCUT2D eigenvalue weighted by Gasteiger charge is 2.31. The van der Waals surface area contributed by atoms with E-state index in [1.165, 1.54) is 0 Å². The van der Waals surface area contributed by atoms with Gasteiger partial charge < -0.3 is 19.7 Å². The normalized spacial score (nSPS) is 15.1. The zero-order chi connectivity index (χ0) is 21.6. The Balaban J connectivity index is 1.28. The highest BCUT2D eigenvalue weighted by Crippen LogP contribution is 2.33. The molecule has 158 valence electrons. The molecule has 1 aliphatic rings. The summed E-state index contributed by atoms with van der Waals surface area (Å²) in [5.41, 5.74) is 1.67. The molecule has 6 heteroatoms. The maximum atomic E-state index is 12.5. The Kier molecular flexibility index (Phi) is 6.17. The summed E-state index contributed by atoms with van der Waals surface area (Å²) in [7, 11) is 0. The molecule has 0 spiro atoms. The van der Waals surface area contributed by atoms with Crippen molar-refractivity contribution in [3.05, 3.63) is 84.4 Å². The molecular weight excluding hydrogens is 392 g/mol. The van der Waals surface area contributed by atoms with Crippen LogP contribution in [0.5, 0.6) is 17.2 Å². The van der Waals surface area contributed by atoms with E-state index in [0.29, 0.717) is 24.5 Å². The Bertz CT molecular complexity index is 1050. The Morgan fingerprint density at radius 2 is 1.65 bits per heavy atom. The number of nitrogens with zero attached hydrogens (tertiary/aromatic N) is 1. The minimum atomic E-state index is -0.561. The van der Waals surface area contributed by atoms with Crippen LogP contribution in [0.25, 0.3) is 0 Å². The fourth-order valence-electron chi connectivity index (χ4n) is 3.39.